The van der Waals surface area contributed by atoms with Crippen molar-refractivity contribution in [2.45, 2.75) is 13.8 Å². The summed E-state index contributed by atoms with van der Waals surface area (Å²) >= 11 is 2.38. The van der Waals surface area contributed by atoms with Crippen molar-refractivity contribution in [1.82, 2.24) is 0 Å². The molecule has 0 aliphatic rings. The van der Waals surface area contributed by atoms with E-state index in [4.69, 9.17) is 0 Å². The molecule has 0 aromatic heterocycles. The van der Waals surface area contributed by atoms with Crippen LogP contribution in [0.1, 0.15) is 19.4 Å². The molecular formula is C15H13I. The lowest BCUT2D eigenvalue weighted by atomic mass is 10.00. The fourth-order valence-corrected chi connectivity index (χ4v) is 2.53. The average molecular weight is 320 g/mol. The van der Waals surface area contributed by atoms with Gasteiger partial charge in [0.2, 0.25) is 0 Å². The van der Waals surface area contributed by atoms with Crippen LogP contribution in [0.5, 0.6) is 0 Å². The second-order valence-corrected chi connectivity index (χ2v) is 4.86. The van der Waals surface area contributed by atoms with E-state index >= 15 is 0 Å². The van der Waals surface area contributed by atoms with E-state index in [1.807, 2.05) is 13.0 Å². The van der Waals surface area contributed by atoms with Crippen molar-refractivity contribution in [1.29, 1.82) is 0 Å². The summed E-state index contributed by atoms with van der Waals surface area (Å²) in [5, 5.41) is 2.62. The van der Waals surface area contributed by atoms with Crippen LogP contribution in [0.4, 0.5) is 0 Å². The van der Waals surface area contributed by atoms with E-state index in [1.54, 1.807) is 0 Å². The third kappa shape index (κ3) is 2.06. The molecule has 0 bridgehead atoms. The molecule has 0 aliphatic heterocycles. The van der Waals surface area contributed by atoms with Crippen LogP contribution in [0.2, 0.25) is 0 Å². The fraction of sp³-hybridized carbons (Fsp3) is 0.133. The molecular weight excluding hydrogens is 307 g/mol. The van der Waals surface area contributed by atoms with Crippen LogP contribution in [0, 0.1) is 3.57 Å². The first-order valence-electron chi connectivity index (χ1n) is 5.29. The molecule has 80 valence electrons. The van der Waals surface area contributed by atoms with Crippen LogP contribution in [0.15, 0.2) is 48.2 Å². The highest BCUT2D eigenvalue weighted by Crippen LogP contribution is 2.27. The zero-order chi connectivity index (χ0) is 11.5. The molecule has 0 amide bonds. The molecule has 0 saturated carbocycles. The Balaban J connectivity index is 2.83. The van der Waals surface area contributed by atoms with Crippen molar-refractivity contribution < 1.29 is 0 Å². The van der Waals surface area contributed by atoms with Crippen molar-refractivity contribution in [2.75, 3.05) is 0 Å². The number of rotatable bonds is 1. The van der Waals surface area contributed by atoms with Crippen molar-refractivity contribution in [3.63, 3.8) is 0 Å². The number of hydrogen-bond donors (Lipinski definition) is 0. The SMILES string of the molecule is CC=C=C(C)c1ccc(I)c2ccccc12. The van der Waals surface area contributed by atoms with Crippen molar-refractivity contribution in [3.8, 4) is 0 Å². The lowest BCUT2D eigenvalue weighted by Crippen LogP contribution is -1.85. The Labute approximate surface area is 110 Å². The third-order valence-corrected chi connectivity index (χ3v) is 3.58. The maximum Gasteiger partial charge on any atom is 0.0209 e. The maximum absolute atomic E-state index is 3.26. The molecule has 0 saturated heterocycles. The summed E-state index contributed by atoms with van der Waals surface area (Å²) in [7, 11) is 0. The lowest BCUT2D eigenvalue weighted by molar-refractivity contribution is 1.60. The summed E-state index contributed by atoms with van der Waals surface area (Å²) in [6.07, 6.45) is 1.96. The van der Waals surface area contributed by atoms with E-state index in [0.717, 1.165) is 0 Å². The number of allylic oxidation sites excluding steroid dienone is 1. The maximum atomic E-state index is 3.26. The highest BCUT2D eigenvalue weighted by Gasteiger charge is 2.04. The second-order valence-electron chi connectivity index (χ2n) is 3.70. The highest BCUT2D eigenvalue weighted by atomic mass is 127. The smallest absolute Gasteiger partial charge is 0.0209 e. The van der Waals surface area contributed by atoms with E-state index < -0.39 is 0 Å². The molecule has 0 atom stereocenters. The monoisotopic (exact) mass is 320 g/mol. The predicted molar refractivity (Wildman–Crippen MR) is 79.5 cm³/mol. The van der Waals surface area contributed by atoms with Crippen LogP contribution in [-0.2, 0) is 0 Å². The Morgan fingerprint density at radius 1 is 1.12 bits per heavy atom. The van der Waals surface area contributed by atoms with Gasteiger partial charge in [-0.05, 0) is 70.5 Å². The summed E-state index contributed by atoms with van der Waals surface area (Å²) in [6, 6.07) is 12.9. The van der Waals surface area contributed by atoms with Gasteiger partial charge in [-0.1, -0.05) is 30.3 Å². The van der Waals surface area contributed by atoms with Crippen LogP contribution < -0.4 is 0 Å². The zero-order valence-electron chi connectivity index (χ0n) is 9.42. The molecule has 0 heterocycles. The Morgan fingerprint density at radius 2 is 1.81 bits per heavy atom. The van der Waals surface area contributed by atoms with Gasteiger partial charge in [-0.3, -0.25) is 0 Å². The Kier molecular flexibility index (Phi) is 3.47. The van der Waals surface area contributed by atoms with Gasteiger partial charge in [0.25, 0.3) is 0 Å². The molecule has 16 heavy (non-hydrogen) atoms. The molecule has 1 heteroatoms. The highest BCUT2D eigenvalue weighted by molar-refractivity contribution is 14.1. The number of halogens is 1. The molecule has 2 aromatic carbocycles. The number of benzene rings is 2. The molecule has 0 aliphatic carbocycles. The molecule has 2 rings (SSSR count). The fourth-order valence-electron chi connectivity index (χ4n) is 1.88. The van der Waals surface area contributed by atoms with Crippen LogP contribution in [-0.4, -0.2) is 0 Å². The molecule has 0 fully saturated rings. The van der Waals surface area contributed by atoms with Crippen molar-refractivity contribution in [2.24, 2.45) is 0 Å². The number of hydrogen-bond acceptors (Lipinski definition) is 0. The minimum absolute atomic E-state index is 1.19. The van der Waals surface area contributed by atoms with Crippen LogP contribution >= 0.6 is 22.6 Å². The minimum atomic E-state index is 1.19. The van der Waals surface area contributed by atoms with Crippen molar-refractivity contribution >= 4 is 38.9 Å². The van der Waals surface area contributed by atoms with Gasteiger partial charge in [-0.25, -0.2) is 0 Å². The van der Waals surface area contributed by atoms with Gasteiger partial charge < -0.3 is 0 Å². The van der Waals surface area contributed by atoms with E-state index in [9.17, 15) is 0 Å². The molecule has 2 aromatic rings. The summed E-state index contributed by atoms with van der Waals surface area (Å²) in [6.45, 7) is 4.10. The molecule has 0 radical (unpaired) electrons. The summed E-state index contributed by atoms with van der Waals surface area (Å²) < 4.78 is 1.30. The van der Waals surface area contributed by atoms with Crippen LogP contribution in [0.25, 0.3) is 16.3 Å². The molecule has 0 N–H and O–H groups in total. The Hall–Kier alpha value is -1.05. The Morgan fingerprint density at radius 3 is 2.50 bits per heavy atom. The Bertz CT molecular complexity index is 587. The number of fused-ring (bicyclic) bond motifs is 1. The summed E-state index contributed by atoms with van der Waals surface area (Å²) in [5.41, 5.74) is 5.72. The lowest BCUT2D eigenvalue weighted by Gasteiger charge is -2.07. The van der Waals surface area contributed by atoms with Gasteiger partial charge in [0.1, 0.15) is 0 Å². The van der Waals surface area contributed by atoms with Gasteiger partial charge in [0, 0.05) is 3.57 Å². The topological polar surface area (TPSA) is 0 Å². The van der Waals surface area contributed by atoms with Crippen LogP contribution in [0.3, 0.4) is 0 Å². The largest absolute Gasteiger partial charge is 0.122 e. The normalized spacial score (nSPS) is 9.94. The van der Waals surface area contributed by atoms with Gasteiger partial charge in [-0.15, -0.1) is 5.73 Å². The third-order valence-electron chi connectivity index (χ3n) is 2.64. The van der Waals surface area contributed by atoms with E-state index in [2.05, 4.69) is 71.6 Å². The first-order valence-corrected chi connectivity index (χ1v) is 6.37. The second kappa shape index (κ2) is 4.86. The van der Waals surface area contributed by atoms with Gasteiger partial charge in [0.15, 0.2) is 0 Å². The molecule has 0 nitrogen and oxygen atoms in total. The standard InChI is InChI=1S/C15H13I/c1-3-6-11(2)12-9-10-15(16)14-8-5-4-7-13(12)14/h3-5,7-10H,1-2H3. The van der Waals surface area contributed by atoms with Gasteiger partial charge in [0.05, 0.1) is 0 Å². The van der Waals surface area contributed by atoms with E-state index in [0.29, 0.717) is 0 Å². The van der Waals surface area contributed by atoms with Gasteiger partial charge in [-0.2, -0.15) is 0 Å². The van der Waals surface area contributed by atoms with E-state index in [1.165, 1.54) is 25.5 Å². The first kappa shape index (κ1) is 11.4. The minimum Gasteiger partial charge on any atom is -0.122 e. The van der Waals surface area contributed by atoms with Gasteiger partial charge >= 0.3 is 0 Å². The van der Waals surface area contributed by atoms with E-state index in [-0.39, 0.29) is 0 Å². The van der Waals surface area contributed by atoms with Crippen molar-refractivity contribution in [3.05, 3.63) is 57.3 Å². The molecule has 0 spiro atoms. The average Bonchev–Trinajstić information content (AvgIpc) is 2.30. The summed E-state index contributed by atoms with van der Waals surface area (Å²) in [4.78, 5) is 0. The quantitative estimate of drug-likeness (QED) is 0.511. The predicted octanol–water partition coefficient (Wildman–Crippen LogP) is 5.02. The summed E-state index contributed by atoms with van der Waals surface area (Å²) in [5.74, 6) is 0. The first-order chi connectivity index (χ1) is 7.74. The molecule has 0 unspecified atom stereocenters. The zero-order valence-corrected chi connectivity index (χ0v) is 11.6.